The number of hydrogen-bond donors (Lipinski definition) is 0. The van der Waals surface area contributed by atoms with Crippen LogP contribution in [0.15, 0.2) is 0 Å². The maximum absolute atomic E-state index is 10.9. The molecule has 0 amide bonds. The Morgan fingerprint density at radius 3 is 3.09 bits per heavy atom. The molecule has 1 unspecified atom stereocenters. The van der Waals surface area contributed by atoms with Crippen molar-refractivity contribution in [3.05, 3.63) is 0 Å². The SMILES string of the molecule is COC1OC(=O)[C@H]2OCO[C@@H]12. The molecule has 0 N–H and O–H groups in total. The first kappa shape index (κ1) is 7.02. The van der Waals surface area contributed by atoms with Crippen molar-refractivity contribution in [2.45, 2.75) is 18.5 Å². The number of fused-ring (bicyclic) bond motifs is 1. The Bertz CT molecular complexity index is 180. The lowest BCUT2D eigenvalue weighted by Gasteiger charge is -2.10. The summed E-state index contributed by atoms with van der Waals surface area (Å²) >= 11 is 0. The van der Waals surface area contributed by atoms with E-state index in [9.17, 15) is 4.79 Å². The zero-order valence-corrected chi connectivity index (χ0v) is 5.98. The van der Waals surface area contributed by atoms with Gasteiger partial charge in [-0.15, -0.1) is 0 Å². The maximum Gasteiger partial charge on any atom is 0.340 e. The first-order valence-corrected chi connectivity index (χ1v) is 3.29. The number of rotatable bonds is 1. The summed E-state index contributed by atoms with van der Waals surface area (Å²) in [6, 6.07) is 0. The summed E-state index contributed by atoms with van der Waals surface area (Å²) in [5, 5.41) is 0. The lowest BCUT2D eigenvalue weighted by Crippen LogP contribution is -2.29. The first-order chi connectivity index (χ1) is 5.33. The standard InChI is InChI=1S/C6H8O5/c1-8-6-4-3(5(7)11-6)9-2-10-4/h3-4,6H,2H2,1H3/t3-,4+,6?/m0/s1. The fourth-order valence-corrected chi connectivity index (χ4v) is 1.23. The quantitative estimate of drug-likeness (QED) is 0.473. The minimum atomic E-state index is -0.602. The average Bonchev–Trinajstić information content (AvgIpc) is 2.54. The molecule has 0 aromatic rings. The highest BCUT2D eigenvalue weighted by Crippen LogP contribution is 2.26. The van der Waals surface area contributed by atoms with Crippen molar-refractivity contribution in [3.8, 4) is 0 Å². The maximum atomic E-state index is 10.9. The van der Waals surface area contributed by atoms with Gasteiger partial charge in [0.05, 0.1) is 0 Å². The second kappa shape index (κ2) is 2.44. The summed E-state index contributed by atoms with van der Waals surface area (Å²) < 4.78 is 19.6. The number of hydrogen-bond acceptors (Lipinski definition) is 5. The van der Waals surface area contributed by atoms with E-state index < -0.39 is 18.4 Å². The molecule has 2 heterocycles. The van der Waals surface area contributed by atoms with Gasteiger partial charge in [-0.1, -0.05) is 0 Å². The molecule has 0 aromatic carbocycles. The number of carbonyl (C=O) groups is 1. The Hall–Kier alpha value is -0.650. The molecule has 3 atom stereocenters. The van der Waals surface area contributed by atoms with Crippen LogP contribution in [0.3, 0.4) is 0 Å². The summed E-state index contributed by atoms with van der Waals surface area (Å²) in [4.78, 5) is 10.9. The number of methoxy groups -OCH3 is 1. The van der Waals surface area contributed by atoms with Gasteiger partial charge in [-0.25, -0.2) is 4.79 Å². The van der Waals surface area contributed by atoms with Crippen LogP contribution in [0.4, 0.5) is 0 Å². The van der Waals surface area contributed by atoms with Crippen molar-refractivity contribution >= 4 is 5.97 Å². The van der Waals surface area contributed by atoms with Gasteiger partial charge in [-0.3, -0.25) is 0 Å². The van der Waals surface area contributed by atoms with E-state index in [1.165, 1.54) is 7.11 Å². The highest BCUT2D eigenvalue weighted by Gasteiger charge is 2.50. The lowest BCUT2D eigenvalue weighted by molar-refractivity contribution is -0.178. The number of cyclic esters (lactones) is 1. The Morgan fingerprint density at radius 1 is 1.55 bits per heavy atom. The van der Waals surface area contributed by atoms with E-state index in [1.54, 1.807) is 0 Å². The highest BCUT2D eigenvalue weighted by molar-refractivity contribution is 5.78. The summed E-state index contributed by atoms with van der Waals surface area (Å²) in [6.45, 7) is 0.143. The summed E-state index contributed by atoms with van der Waals surface area (Å²) in [7, 11) is 1.46. The van der Waals surface area contributed by atoms with Gasteiger partial charge in [0, 0.05) is 7.11 Å². The molecular formula is C6H8O5. The predicted molar refractivity (Wildman–Crippen MR) is 31.5 cm³/mol. The fraction of sp³-hybridized carbons (Fsp3) is 0.833. The minimum Gasteiger partial charge on any atom is -0.431 e. The Kier molecular flexibility index (Phi) is 1.56. The van der Waals surface area contributed by atoms with Crippen LogP contribution in [-0.4, -0.2) is 38.4 Å². The molecule has 2 fully saturated rings. The van der Waals surface area contributed by atoms with E-state index in [4.69, 9.17) is 18.9 Å². The van der Waals surface area contributed by atoms with Crippen molar-refractivity contribution in [2.75, 3.05) is 13.9 Å². The van der Waals surface area contributed by atoms with Gasteiger partial charge in [0.1, 0.15) is 6.79 Å². The zero-order chi connectivity index (χ0) is 7.84. The molecule has 5 nitrogen and oxygen atoms in total. The first-order valence-electron chi connectivity index (χ1n) is 3.29. The number of esters is 1. The average molecular weight is 160 g/mol. The highest BCUT2D eigenvalue weighted by atomic mass is 16.8. The molecular weight excluding hydrogens is 152 g/mol. The minimum absolute atomic E-state index is 0.143. The van der Waals surface area contributed by atoms with E-state index in [1.807, 2.05) is 0 Å². The fourth-order valence-electron chi connectivity index (χ4n) is 1.23. The number of ether oxygens (including phenoxy) is 4. The lowest BCUT2D eigenvalue weighted by atomic mass is 10.2. The molecule has 0 aliphatic carbocycles. The molecule has 0 saturated carbocycles. The Balaban J connectivity index is 2.13. The molecule has 11 heavy (non-hydrogen) atoms. The topological polar surface area (TPSA) is 54.0 Å². The third-order valence-electron chi connectivity index (χ3n) is 1.77. The zero-order valence-electron chi connectivity index (χ0n) is 5.98. The second-order valence-corrected chi connectivity index (χ2v) is 2.38. The van der Waals surface area contributed by atoms with Gasteiger partial charge in [0.25, 0.3) is 0 Å². The molecule has 2 rings (SSSR count). The Morgan fingerprint density at radius 2 is 2.36 bits per heavy atom. The third kappa shape index (κ3) is 0.926. The smallest absolute Gasteiger partial charge is 0.340 e. The molecule has 2 aliphatic rings. The third-order valence-corrected chi connectivity index (χ3v) is 1.77. The molecule has 62 valence electrons. The predicted octanol–water partition coefficient (Wildman–Crippen LogP) is -0.743. The molecule has 5 heteroatoms. The van der Waals surface area contributed by atoms with Crippen LogP contribution in [0, 0.1) is 0 Å². The normalized spacial score (nSPS) is 42.3. The van der Waals surface area contributed by atoms with Crippen LogP contribution in [-0.2, 0) is 23.7 Å². The monoisotopic (exact) mass is 160 g/mol. The van der Waals surface area contributed by atoms with Gasteiger partial charge < -0.3 is 18.9 Å². The van der Waals surface area contributed by atoms with E-state index in [2.05, 4.69) is 0 Å². The van der Waals surface area contributed by atoms with Crippen LogP contribution >= 0.6 is 0 Å². The van der Waals surface area contributed by atoms with Crippen LogP contribution in [0.5, 0.6) is 0 Å². The molecule has 0 bridgehead atoms. The summed E-state index contributed by atoms with van der Waals surface area (Å²) in [5.74, 6) is -0.403. The van der Waals surface area contributed by atoms with Gasteiger partial charge in [0.2, 0.25) is 6.29 Å². The van der Waals surface area contributed by atoms with Gasteiger partial charge in [0.15, 0.2) is 12.2 Å². The molecule has 0 spiro atoms. The van der Waals surface area contributed by atoms with Crippen molar-refractivity contribution in [1.82, 2.24) is 0 Å². The van der Waals surface area contributed by atoms with Crippen LogP contribution < -0.4 is 0 Å². The molecule has 0 radical (unpaired) electrons. The largest absolute Gasteiger partial charge is 0.431 e. The van der Waals surface area contributed by atoms with Gasteiger partial charge >= 0.3 is 5.97 Å². The molecule has 2 saturated heterocycles. The number of carbonyl (C=O) groups excluding carboxylic acids is 1. The van der Waals surface area contributed by atoms with Crippen LogP contribution in [0.25, 0.3) is 0 Å². The van der Waals surface area contributed by atoms with Crippen LogP contribution in [0.1, 0.15) is 0 Å². The van der Waals surface area contributed by atoms with Gasteiger partial charge in [-0.2, -0.15) is 0 Å². The van der Waals surface area contributed by atoms with Crippen molar-refractivity contribution < 1.29 is 23.7 Å². The van der Waals surface area contributed by atoms with E-state index in [-0.39, 0.29) is 12.9 Å². The van der Waals surface area contributed by atoms with Gasteiger partial charge in [-0.05, 0) is 0 Å². The summed E-state index contributed by atoms with van der Waals surface area (Å²) in [5.41, 5.74) is 0. The molecule has 0 aromatic heterocycles. The second-order valence-electron chi connectivity index (χ2n) is 2.38. The summed E-state index contributed by atoms with van der Waals surface area (Å²) in [6.07, 6.45) is -1.57. The van der Waals surface area contributed by atoms with Crippen molar-refractivity contribution in [3.63, 3.8) is 0 Å². The molecule has 2 aliphatic heterocycles. The van der Waals surface area contributed by atoms with Crippen LogP contribution in [0.2, 0.25) is 0 Å². The van der Waals surface area contributed by atoms with E-state index in [0.29, 0.717) is 0 Å². The van der Waals surface area contributed by atoms with Crippen molar-refractivity contribution in [2.24, 2.45) is 0 Å². The Labute approximate surface area is 63.2 Å². The van der Waals surface area contributed by atoms with E-state index in [0.717, 1.165) is 0 Å². The van der Waals surface area contributed by atoms with Crippen molar-refractivity contribution in [1.29, 1.82) is 0 Å². The van der Waals surface area contributed by atoms with E-state index >= 15 is 0 Å².